The molecule has 35 heavy (non-hydrogen) atoms. The van der Waals surface area contributed by atoms with Crippen LogP contribution in [0.15, 0.2) is 41.6 Å². The second-order valence-electron chi connectivity index (χ2n) is 9.28. The highest BCUT2D eigenvalue weighted by atomic mass is 16.5. The number of hydrogen-bond donors (Lipinski definition) is 0. The summed E-state index contributed by atoms with van der Waals surface area (Å²) in [5.41, 5.74) is 1.67. The van der Waals surface area contributed by atoms with Gasteiger partial charge in [-0.1, -0.05) is 13.8 Å². The van der Waals surface area contributed by atoms with Crippen LogP contribution in [0, 0.1) is 5.41 Å². The summed E-state index contributed by atoms with van der Waals surface area (Å²) >= 11 is 0. The summed E-state index contributed by atoms with van der Waals surface area (Å²) in [6, 6.07) is 8.78. The SMILES string of the molecule is COc1ccc(C2=NN(C3CCN(C(=O)c4cccnc4OC)CC3)C(C=O)C2(C)C)cc1OC. The second kappa shape index (κ2) is 9.93. The molecule has 3 heterocycles. The van der Waals surface area contributed by atoms with Crippen LogP contribution in [0.4, 0.5) is 0 Å². The van der Waals surface area contributed by atoms with Gasteiger partial charge in [-0.25, -0.2) is 4.98 Å². The Morgan fingerprint density at radius 1 is 1.06 bits per heavy atom. The number of piperidine rings is 1. The Morgan fingerprint density at radius 2 is 1.77 bits per heavy atom. The molecule has 2 aromatic rings. The highest BCUT2D eigenvalue weighted by molar-refractivity contribution is 6.07. The van der Waals surface area contributed by atoms with Crippen molar-refractivity contribution in [3.05, 3.63) is 47.7 Å². The van der Waals surface area contributed by atoms with Gasteiger partial charge in [0.1, 0.15) is 17.9 Å². The van der Waals surface area contributed by atoms with Gasteiger partial charge >= 0.3 is 0 Å². The van der Waals surface area contributed by atoms with E-state index in [0.29, 0.717) is 48.9 Å². The van der Waals surface area contributed by atoms with Crippen molar-refractivity contribution in [2.45, 2.75) is 38.8 Å². The first kappa shape index (κ1) is 24.5. The van der Waals surface area contributed by atoms with E-state index in [9.17, 15) is 9.59 Å². The highest BCUT2D eigenvalue weighted by Gasteiger charge is 2.47. The van der Waals surface area contributed by atoms with Crippen LogP contribution < -0.4 is 14.2 Å². The molecule has 0 spiro atoms. The lowest BCUT2D eigenvalue weighted by Gasteiger charge is -2.39. The topological polar surface area (TPSA) is 93.6 Å². The molecule has 9 heteroatoms. The zero-order chi connectivity index (χ0) is 25.2. The van der Waals surface area contributed by atoms with Crippen LogP contribution in [-0.2, 0) is 4.79 Å². The molecule has 0 saturated carbocycles. The Kier molecular flexibility index (Phi) is 6.95. The number of nitrogens with zero attached hydrogens (tertiary/aromatic N) is 4. The molecule has 1 atom stereocenters. The minimum Gasteiger partial charge on any atom is -0.493 e. The van der Waals surface area contributed by atoms with Crippen LogP contribution in [-0.4, -0.2) is 79.3 Å². The molecule has 1 unspecified atom stereocenters. The number of hydrazone groups is 1. The summed E-state index contributed by atoms with van der Waals surface area (Å²) in [6.07, 6.45) is 3.99. The summed E-state index contributed by atoms with van der Waals surface area (Å²) in [4.78, 5) is 31.3. The Hall–Kier alpha value is -3.62. The number of hydrogen-bond acceptors (Lipinski definition) is 8. The quantitative estimate of drug-likeness (QED) is 0.563. The van der Waals surface area contributed by atoms with Gasteiger partial charge in [0.2, 0.25) is 5.88 Å². The first-order chi connectivity index (χ1) is 16.8. The summed E-state index contributed by atoms with van der Waals surface area (Å²) in [5, 5.41) is 6.90. The van der Waals surface area contributed by atoms with Crippen molar-refractivity contribution in [3.63, 3.8) is 0 Å². The van der Waals surface area contributed by atoms with Gasteiger partial charge in [-0.2, -0.15) is 5.10 Å². The highest BCUT2D eigenvalue weighted by Crippen LogP contribution is 2.40. The Labute approximate surface area is 205 Å². The van der Waals surface area contributed by atoms with Gasteiger partial charge in [0.05, 0.1) is 33.1 Å². The third-order valence-corrected chi connectivity index (χ3v) is 6.96. The van der Waals surface area contributed by atoms with E-state index in [4.69, 9.17) is 19.3 Å². The summed E-state index contributed by atoms with van der Waals surface area (Å²) in [6.45, 7) is 5.19. The maximum Gasteiger partial charge on any atom is 0.259 e. The van der Waals surface area contributed by atoms with Gasteiger partial charge in [-0.05, 0) is 43.2 Å². The Bertz CT molecular complexity index is 1120. The third-order valence-electron chi connectivity index (χ3n) is 6.96. The fraction of sp³-hybridized carbons (Fsp3) is 0.462. The lowest BCUT2D eigenvalue weighted by molar-refractivity contribution is -0.115. The number of aldehydes is 1. The molecule has 1 saturated heterocycles. The van der Waals surface area contributed by atoms with Crippen LogP contribution in [0.1, 0.15) is 42.6 Å². The number of rotatable bonds is 7. The van der Waals surface area contributed by atoms with E-state index in [-0.39, 0.29) is 11.9 Å². The zero-order valence-electron chi connectivity index (χ0n) is 20.9. The van der Waals surface area contributed by atoms with Crippen molar-refractivity contribution in [2.24, 2.45) is 10.5 Å². The van der Waals surface area contributed by atoms with Crippen molar-refractivity contribution < 1.29 is 23.8 Å². The number of carbonyl (C=O) groups is 2. The average Bonchev–Trinajstić information content (AvgIpc) is 3.17. The molecule has 186 valence electrons. The minimum absolute atomic E-state index is 0.0435. The monoisotopic (exact) mass is 480 g/mol. The van der Waals surface area contributed by atoms with E-state index in [1.807, 2.05) is 42.0 Å². The second-order valence-corrected chi connectivity index (χ2v) is 9.28. The predicted octanol–water partition coefficient (Wildman–Crippen LogP) is 3.03. The van der Waals surface area contributed by atoms with Crippen LogP contribution in [0.3, 0.4) is 0 Å². The molecule has 9 nitrogen and oxygen atoms in total. The van der Waals surface area contributed by atoms with E-state index in [1.165, 1.54) is 7.11 Å². The molecule has 0 radical (unpaired) electrons. The zero-order valence-corrected chi connectivity index (χ0v) is 20.9. The summed E-state index contributed by atoms with van der Waals surface area (Å²) in [7, 11) is 4.70. The molecule has 1 aromatic heterocycles. The van der Waals surface area contributed by atoms with Crippen LogP contribution in [0.5, 0.6) is 17.4 Å². The standard InChI is InChI=1S/C26H32N4O5/c1-26(2)22(16-31)30(28-23(26)17-8-9-20(33-3)21(15-17)34-4)18-10-13-29(14-11-18)25(32)19-7-6-12-27-24(19)35-5/h6-9,12,15-16,18,22H,10-11,13-14H2,1-5H3. The first-order valence-corrected chi connectivity index (χ1v) is 11.7. The maximum absolute atomic E-state index is 13.1. The minimum atomic E-state index is -0.503. The molecule has 2 aliphatic heterocycles. The number of pyridine rings is 1. The number of amides is 1. The molecule has 2 aliphatic rings. The number of methoxy groups -OCH3 is 3. The largest absolute Gasteiger partial charge is 0.493 e. The van der Waals surface area contributed by atoms with Crippen molar-refractivity contribution in [2.75, 3.05) is 34.4 Å². The van der Waals surface area contributed by atoms with Gasteiger partial charge in [0.25, 0.3) is 5.91 Å². The molecule has 1 amide bonds. The van der Waals surface area contributed by atoms with Gasteiger partial charge in [-0.3, -0.25) is 9.80 Å². The number of ether oxygens (including phenoxy) is 3. The first-order valence-electron chi connectivity index (χ1n) is 11.7. The molecular formula is C26H32N4O5. The van der Waals surface area contributed by atoms with Crippen molar-refractivity contribution >= 4 is 17.9 Å². The molecule has 0 bridgehead atoms. The molecule has 4 rings (SSSR count). The van der Waals surface area contributed by atoms with Crippen LogP contribution in [0.2, 0.25) is 0 Å². The average molecular weight is 481 g/mol. The molecular weight excluding hydrogens is 448 g/mol. The maximum atomic E-state index is 13.1. The molecule has 0 N–H and O–H groups in total. The lowest BCUT2D eigenvalue weighted by Crippen LogP contribution is -2.50. The van der Waals surface area contributed by atoms with Crippen molar-refractivity contribution in [1.29, 1.82) is 0 Å². The fourth-order valence-electron chi connectivity index (χ4n) is 4.95. The van der Waals surface area contributed by atoms with Gasteiger partial charge < -0.3 is 23.9 Å². The molecule has 0 aliphatic carbocycles. The number of aromatic nitrogens is 1. The van der Waals surface area contributed by atoms with E-state index >= 15 is 0 Å². The number of benzene rings is 1. The smallest absolute Gasteiger partial charge is 0.259 e. The Balaban J connectivity index is 1.54. The van der Waals surface area contributed by atoms with E-state index in [1.54, 1.807) is 32.5 Å². The van der Waals surface area contributed by atoms with Gasteiger partial charge in [0.15, 0.2) is 11.5 Å². The van der Waals surface area contributed by atoms with E-state index < -0.39 is 11.5 Å². The van der Waals surface area contributed by atoms with Gasteiger partial charge in [-0.15, -0.1) is 0 Å². The predicted molar refractivity (Wildman–Crippen MR) is 131 cm³/mol. The van der Waals surface area contributed by atoms with E-state index in [0.717, 1.165) is 17.6 Å². The third kappa shape index (κ3) is 4.42. The van der Waals surface area contributed by atoms with E-state index in [2.05, 4.69) is 4.98 Å². The Morgan fingerprint density at radius 3 is 2.40 bits per heavy atom. The molecule has 1 aromatic carbocycles. The molecule has 1 fully saturated rings. The number of carbonyl (C=O) groups excluding carboxylic acids is 2. The van der Waals surface area contributed by atoms with Crippen LogP contribution in [0.25, 0.3) is 0 Å². The van der Waals surface area contributed by atoms with Crippen molar-refractivity contribution in [3.8, 4) is 17.4 Å². The van der Waals surface area contributed by atoms with Crippen LogP contribution >= 0.6 is 0 Å². The summed E-state index contributed by atoms with van der Waals surface area (Å²) in [5.74, 6) is 1.48. The number of likely N-dealkylation sites (tertiary alicyclic amines) is 1. The van der Waals surface area contributed by atoms with Crippen molar-refractivity contribution in [1.82, 2.24) is 14.9 Å². The summed E-state index contributed by atoms with van der Waals surface area (Å²) < 4.78 is 16.1. The normalized spacial score (nSPS) is 19.8. The lowest BCUT2D eigenvalue weighted by atomic mass is 9.78. The fourth-order valence-corrected chi connectivity index (χ4v) is 4.95. The van der Waals surface area contributed by atoms with Gasteiger partial charge in [0, 0.05) is 30.3 Å².